The van der Waals surface area contributed by atoms with E-state index in [4.69, 9.17) is 11.6 Å². The summed E-state index contributed by atoms with van der Waals surface area (Å²) in [4.78, 5) is 11.9. The van der Waals surface area contributed by atoms with Crippen molar-refractivity contribution >= 4 is 40.1 Å². The van der Waals surface area contributed by atoms with Crippen LogP contribution >= 0.6 is 34.2 Å². The Morgan fingerprint density at radius 2 is 2.32 bits per heavy atom. The van der Waals surface area contributed by atoms with E-state index in [0.29, 0.717) is 23.7 Å². The molecule has 100 valence electrons. The third-order valence-electron chi connectivity index (χ3n) is 2.57. The molecule has 0 radical (unpaired) electrons. The molecule has 0 aliphatic carbocycles. The molecule has 1 aromatic carbocycles. The highest BCUT2D eigenvalue weighted by atomic mass is 127. The first-order valence-electron chi connectivity index (χ1n) is 5.78. The smallest absolute Gasteiger partial charge is 0.251 e. The van der Waals surface area contributed by atoms with Gasteiger partial charge in [-0.25, -0.2) is 0 Å². The second-order valence-corrected chi connectivity index (χ2v) is 5.73. The summed E-state index contributed by atoms with van der Waals surface area (Å²) < 4.78 is 2.74. The van der Waals surface area contributed by atoms with E-state index in [1.165, 1.54) is 0 Å². The molecule has 2 rings (SSSR count). The number of nitrogens with zero attached hydrogens (tertiary/aromatic N) is 2. The number of carbonyl (C=O) groups excluding carboxylic acids is 1. The van der Waals surface area contributed by atoms with Gasteiger partial charge in [0.1, 0.15) is 0 Å². The van der Waals surface area contributed by atoms with Crippen LogP contribution in [0.2, 0.25) is 5.02 Å². The van der Waals surface area contributed by atoms with E-state index >= 15 is 0 Å². The Balaban J connectivity index is 1.89. The predicted molar refractivity (Wildman–Crippen MR) is 83.5 cm³/mol. The fraction of sp³-hybridized carbons (Fsp3) is 0.231. The standard InChI is InChI=1S/C13H13ClIN3O/c1-9-7-17-18(8-9)5-4-16-13(19)10-2-3-12(15)11(14)6-10/h2-3,6-8H,4-5H2,1H3,(H,16,19). The monoisotopic (exact) mass is 389 g/mol. The fourth-order valence-electron chi connectivity index (χ4n) is 1.61. The lowest BCUT2D eigenvalue weighted by Gasteiger charge is -2.06. The minimum absolute atomic E-state index is 0.123. The molecule has 1 amide bonds. The summed E-state index contributed by atoms with van der Waals surface area (Å²) in [5.74, 6) is -0.123. The second-order valence-electron chi connectivity index (χ2n) is 4.17. The summed E-state index contributed by atoms with van der Waals surface area (Å²) in [7, 11) is 0. The number of aryl methyl sites for hydroxylation is 1. The van der Waals surface area contributed by atoms with Gasteiger partial charge >= 0.3 is 0 Å². The van der Waals surface area contributed by atoms with Gasteiger partial charge in [0.25, 0.3) is 5.91 Å². The molecule has 0 unspecified atom stereocenters. The van der Waals surface area contributed by atoms with Crippen LogP contribution in [0.4, 0.5) is 0 Å². The first-order valence-corrected chi connectivity index (χ1v) is 7.24. The molecule has 1 heterocycles. The summed E-state index contributed by atoms with van der Waals surface area (Å²) in [6.07, 6.45) is 3.73. The van der Waals surface area contributed by atoms with Crippen LogP contribution in [0.15, 0.2) is 30.6 Å². The van der Waals surface area contributed by atoms with E-state index < -0.39 is 0 Å². The van der Waals surface area contributed by atoms with Crippen LogP contribution in [-0.4, -0.2) is 22.2 Å². The molecule has 2 aromatic rings. The Kier molecular flexibility index (Phi) is 4.81. The van der Waals surface area contributed by atoms with Crippen LogP contribution in [0.1, 0.15) is 15.9 Å². The molecule has 4 nitrogen and oxygen atoms in total. The van der Waals surface area contributed by atoms with Crippen molar-refractivity contribution in [3.63, 3.8) is 0 Å². The van der Waals surface area contributed by atoms with Crippen LogP contribution in [0.25, 0.3) is 0 Å². The Labute approximate surface area is 130 Å². The lowest BCUT2D eigenvalue weighted by atomic mass is 10.2. The molecule has 0 fully saturated rings. The Hall–Kier alpha value is -1.08. The van der Waals surface area contributed by atoms with Crippen LogP contribution in [0.5, 0.6) is 0 Å². The number of nitrogens with one attached hydrogen (secondary N) is 1. The Bertz CT molecular complexity index is 597. The third-order valence-corrected chi connectivity index (χ3v) is 4.14. The first kappa shape index (κ1) is 14.3. The zero-order chi connectivity index (χ0) is 13.8. The first-order chi connectivity index (χ1) is 9.06. The number of amides is 1. The van der Waals surface area contributed by atoms with Gasteiger partial charge in [0, 0.05) is 21.9 Å². The van der Waals surface area contributed by atoms with Crippen molar-refractivity contribution in [2.24, 2.45) is 0 Å². The third kappa shape index (κ3) is 3.94. The predicted octanol–water partition coefficient (Wildman–Crippen LogP) is 2.88. The maximum Gasteiger partial charge on any atom is 0.251 e. The van der Waals surface area contributed by atoms with Crippen molar-refractivity contribution in [1.29, 1.82) is 0 Å². The summed E-state index contributed by atoms with van der Waals surface area (Å²) in [5, 5.41) is 7.59. The zero-order valence-corrected chi connectivity index (χ0v) is 13.3. The van der Waals surface area contributed by atoms with Gasteiger partial charge in [0.15, 0.2) is 0 Å². The molecule has 0 aliphatic rings. The topological polar surface area (TPSA) is 46.9 Å². The lowest BCUT2D eigenvalue weighted by molar-refractivity contribution is 0.0952. The van der Waals surface area contributed by atoms with E-state index in [1.807, 2.05) is 19.2 Å². The molecule has 19 heavy (non-hydrogen) atoms. The van der Waals surface area contributed by atoms with E-state index in [0.717, 1.165) is 9.13 Å². The molecule has 0 spiro atoms. The normalized spacial score (nSPS) is 10.5. The molecular formula is C13H13ClIN3O. The van der Waals surface area contributed by atoms with Crippen LogP contribution in [-0.2, 0) is 6.54 Å². The summed E-state index contributed by atoms with van der Waals surface area (Å²) in [6, 6.07) is 5.27. The minimum Gasteiger partial charge on any atom is -0.350 e. The number of rotatable bonds is 4. The molecule has 0 saturated heterocycles. The lowest BCUT2D eigenvalue weighted by Crippen LogP contribution is -2.27. The average molecular weight is 390 g/mol. The number of hydrogen-bond donors (Lipinski definition) is 1. The van der Waals surface area contributed by atoms with Gasteiger partial charge < -0.3 is 5.32 Å². The molecule has 0 bridgehead atoms. The molecule has 6 heteroatoms. The van der Waals surface area contributed by atoms with Gasteiger partial charge in [0.05, 0.1) is 17.8 Å². The van der Waals surface area contributed by atoms with Crippen molar-refractivity contribution in [3.8, 4) is 0 Å². The van der Waals surface area contributed by atoms with Crippen molar-refractivity contribution in [2.45, 2.75) is 13.5 Å². The van der Waals surface area contributed by atoms with Gasteiger partial charge in [-0.1, -0.05) is 11.6 Å². The van der Waals surface area contributed by atoms with Gasteiger partial charge in [-0.2, -0.15) is 5.10 Å². The number of halogens is 2. The SMILES string of the molecule is Cc1cnn(CCNC(=O)c2ccc(I)c(Cl)c2)c1. The number of benzene rings is 1. The van der Waals surface area contributed by atoms with E-state index in [1.54, 1.807) is 23.0 Å². The maximum atomic E-state index is 11.9. The van der Waals surface area contributed by atoms with Gasteiger partial charge in [-0.3, -0.25) is 9.48 Å². The summed E-state index contributed by atoms with van der Waals surface area (Å²) in [5.41, 5.74) is 1.68. The van der Waals surface area contributed by atoms with Crippen molar-refractivity contribution in [2.75, 3.05) is 6.54 Å². The van der Waals surface area contributed by atoms with Gasteiger partial charge in [-0.05, 0) is 53.3 Å². The highest BCUT2D eigenvalue weighted by Crippen LogP contribution is 2.19. The highest BCUT2D eigenvalue weighted by Gasteiger charge is 2.07. The van der Waals surface area contributed by atoms with Crippen molar-refractivity contribution in [3.05, 3.63) is 50.3 Å². The molecule has 1 aromatic heterocycles. The second kappa shape index (κ2) is 6.38. The van der Waals surface area contributed by atoms with Gasteiger partial charge in [0.2, 0.25) is 0 Å². The molecular weight excluding hydrogens is 377 g/mol. The number of hydrogen-bond acceptors (Lipinski definition) is 2. The molecule has 0 atom stereocenters. The van der Waals surface area contributed by atoms with E-state index in [2.05, 4.69) is 33.0 Å². The van der Waals surface area contributed by atoms with Crippen molar-refractivity contribution < 1.29 is 4.79 Å². The van der Waals surface area contributed by atoms with E-state index in [9.17, 15) is 4.79 Å². The number of aromatic nitrogens is 2. The molecule has 1 N–H and O–H groups in total. The van der Waals surface area contributed by atoms with Crippen LogP contribution in [0.3, 0.4) is 0 Å². The average Bonchev–Trinajstić information content (AvgIpc) is 2.78. The van der Waals surface area contributed by atoms with Gasteiger partial charge in [-0.15, -0.1) is 0 Å². The van der Waals surface area contributed by atoms with E-state index in [-0.39, 0.29) is 5.91 Å². The molecule has 0 saturated carbocycles. The highest BCUT2D eigenvalue weighted by molar-refractivity contribution is 14.1. The zero-order valence-electron chi connectivity index (χ0n) is 10.4. The Morgan fingerprint density at radius 1 is 1.53 bits per heavy atom. The largest absolute Gasteiger partial charge is 0.350 e. The Morgan fingerprint density at radius 3 is 2.95 bits per heavy atom. The summed E-state index contributed by atoms with van der Waals surface area (Å²) in [6.45, 7) is 3.16. The maximum absolute atomic E-state index is 11.9. The van der Waals surface area contributed by atoms with Crippen LogP contribution < -0.4 is 5.32 Å². The van der Waals surface area contributed by atoms with Crippen molar-refractivity contribution in [1.82, 2.24) is 15.1 Å². The molecule has 0 aliphatic heterocycles. The quantitative estimate of drug-likeness (QED) is 0.818. The number of carbonyl (C=O) groups is 1. The van der Waals surface area contributed by atoms with Crippen LogP contribution in [0, 0.1) is 10.5 Å². The summed E-state index contributed by atoms with van der Waals surface area (Å²) >= 11 is 8.12. The fourth-order valence-corrected chi connectivity index (χ4v) is 2.13. The minimum atomic E-state index is -0.123.